The predicted octanol–water partition coefficient (Wildman–Crippen LogP) is 3.10. The Morgan fingerprint density at radius 3 is 2.48 bits per heavy atom. The number of hydrogen-bond donors (Lipinski definition) is 2. The van der Waals surface area contributed by atoms with Crippen LogP contribution in [0.2, 0.25) is 0 Å². The first-order valence-electron chi connectivity index (χ1n) is 7.02. The highest BCUT2D eigenvalue weighted by Crippen LogP contribution is 2.15. The number of hydrogen-bond acceptors (Lipinski definition) is 3. The fourth-order valence-corrected chi connectivity index (χ4v) is 2.32. The molecule has 0 aliphatic heterocycles. The third-order valence-corrected chi connectivity index (χ3v) is 3.57. The van der Waals surface area contributed by atoms with Crippen molar-refractivity contribution in [1.29, 1.82) is 0 Å². The molecule has 2 N–H and O–H groups in total. The quantitative estimate of drug-likeness (QED) is 0.761. The smallest absolute Gasteiger partial charge is 0.233 e. The SMILES string of the molecule is COc1ccc(CNC(=O)CC(=O)Nc2cccc(Br)c2)cc1. The van der Waals surface area contributed by atoms with Crippen molar-refractivity contribution in [1.82, 2.24) is 5.32 Å². The molecule has 0 radical (unpaired) electrons. The summed E-state index contributed by atoms with van der Waals surface area (Å²) in [4.78, 5) is 23.6. The summed E-state index contributed by atoms with van der Waals surface area (Å²) in [5, 5.41) is 5.40. The highest BCUT2D eigenvalue weighted by molar-refractivity contribution is 9.10. The molecule has 6 heteroatoms. The minimum absolute atomic E-state index is 0.220. The van der Waals surface area contributed by atoms with Gasteiger partial charge in [0, 0.05) is 16.7 Å². The van der Waals surface area contributed by atoms with E-state index in [1.54, 1.807) is 19.2 Å². The van der Waals surface area contributed by atoms with Gasteiger partial charge in [0.2, 0.25) is 11.8 Å². The lowest BCUT2D eigenvalue weighted by Gasteiger charge is -2.07. The Balaban J connectivity index is 1.78. The number of carbonyl (C=O) groups is 2. The van der Waals surface area contributed by atoms with E-state index in [1.807, 2.05) is 36.4 Å². The summed E-state index contributed by atoms with van der Waals surface area (Å²) in [6.45, 7) is 0.368. The third-order valence-electron chi connectivity index (χ3n) is 3.08. The number of halogens is 1. The highest BCUT2D eigenvalue weighted by Gasteiger charge is 2.09. The molecule has 0 unspecified atom stereocenters. The van der Waals surface area contributed by atoms with Crippen LogP contribution in [0.3, 0.4) is 0 Å². The molecule has 0 fully saturated rings. The molecule has 0 saturated heterocycles. The highest BCUT2D eigenvalue weighted by atomic mass is 79.9. The molecule has 2 aromatic carbocycles. The predicted molar refractivity (Wildman–Crippen MR) is 92.2 cm³/mol. The van der Waals surface area contributed by atoms with Crippen LogP contribution in [0.25, 0.3) is 0 Å². The van der Waals surface area contributed by atoms with Crippen LogP contribution < -0.4 is 15.4 Å². The standard InChI is InChI=1S/C17H17BrN2O3/c1-23-15-7-5-12(6-8-15)11-19-16(21)10-17(22)20-14-4-2-3-13(18)9-14/h2-9H,10-11H2,1H3,(H,19,21)(H,20,22). The van der Waals surface area contributed by atoms with Crippen molar-refractivity contribution in [3.05, 3.63) is 58.6 Å². The monoisotopic (exact) mass is 376 g/mol. The summed E-state index contributed by atoms with van der Waals surface area (Å²) in [6, 6.07) is 14.6. The number of anilines is 1. The fraction of sp³-hybridized carbons (Fsp3) is 0.176. The van der Waals surface area contributed by atoms with Gasteiger partial charge in [-0.3, -0.25) is 9.59 Å². The van der Waals surface area contributed by atoms with Gasteiger partial charge < -0.3 is 15.4 Å². The van der Waals surface area contributed by atoms with E-state index in [2.05, 4.69) is 26.6 Å². The minimum atomic E-state index is -0.352. The molecule has 120 valence electrons. The van der Waals surface area contributed by atoms with Gasteiger partial charge in [-0.15, -0.1) is 0 Å². The largest absolute Gasteiger partial charge is 0.497 e. The van der Waals surface area contributed by atoms with E-state index >= 15 is 0 Å². The maximum Gasteiger partial charge on any atom is 0.233 e. The molecule has 0 aromatic heterocycles. The number of methoxy groups -OCH3 is 1. The molecular weight excluding hydrogens is 360 g/mol. The van der Waals surface area contributed by atoms with Gasteiger partial charge in [0.1, 0.15) is 12.2 Å². The molecule has 2 aromatic rings. The second-order valence-electron chi connectivity index (χ2n) is 4.86. The molecule has 0 atom stereocenters. The van der Waals surface area contributed by atoms with Crippen LogP contribution >= 0.6 is 15.9 Å². The third kappa shape index (κ3) is 5.75. The molecule has 2 amide bonds. The van der Waals surface area contributed by atoms with Gasteiger partial charge in [0.05, 0.1) is 7.11 Å². The molecule has 0 aliphatic rings. The normalized spacial score (nSPS) is 10.0. The lowest BCUT2D eigenvalue weighted by atomic mass is 10.2. The average molecular weight is 377 g/mol. The van der Waals surface area contributed by atoms with E-state index in [0.717, 1.165) is 15.8 Å². The molecule has 5 nitrogen and oxygen atoms in total. The van der Waals surface area contributed by atoms with Crippen molar-refractivity contribution in [2.75, 3.05) is 12.4 Å². The fourth-order valence-electron chi connectivity index (χ4n) is 1.92. The summed E-state index contributed by atoms with van der Waals surface area (Å²) < 4.78 is 5.93. The molecule has 0 aliphatic carbocycles. The number of amides is 2. The van der Waals surface area contributed by atoms with E-state index in [0.29, 0.717) is 12.2 Å². The van der Waals surface area contributed by atoms with Gasteiger partial charge in [-0.1, -0.05) is 34.1 Å². The lowest BCUT2D eigenvalue weighted by molar-refractivity contribution is -0.126. The summed E-state index contributed by atoms with van der Waals surface area (Å²) in [6.07, 6.45) is -0.220. The molecular formula is C17H17BrN2O3. The average Bonchev–Trinajstić information content (AvgIpc) is 2.53. The van der Waals surface area contributed by atoms with Crippen LogP contribution in [0.15, 0.2) is 53.0 Å². The summed E-state index contributed by atoms with van der Waals surface area (Å²) in [5.74, 6) is 0.0807. The Hall–Kier alpha value is -2.34. The first kappa shape index (κ1) is 17.0. The molecule has 23 heavy (non-hydrogen) atoms. The van der Waals surface area contributed by atoms with Gasteiger partial charge in [0.15, 0.2) is 0 Å². The zero-order chi connectivity index (χ0) is 16.7. The van der Waals surface area contributed by atoms with E-state index in [1.165, 1.54) is 0 Å². The number of carbonyl (C=O) groups excluding carboxylic acids is 2. The van der Waals surface area contributed by atoms with Crippen molar-refractivity contribution < 1.29 is 14.3 Å². The second-order valence-corrected chi connectivity index (χ2v) is 5.78. The number of ether oxygens (including phenoxy) is 1. The first-order valence-corrected chi connectivity index (χ1v) is 7.81. The van der Waals surface area contributed by atoms with Crippen LogP contribution in [0.5, 0.6) is 5.75 Å². The first-order chi connectivity index (χ1) is 11.1. The van der Waals surface area contributed by atoms with E-state index in [9.17, 15) is 9.59 Å². The number of rotatable bonds is 6. The second kappa shape index (κ2) is 8.33. The molecule has 0 spiro atoms. The van der Waals surface area contributed by atoms with Crippen LogP contribution in [0.1, 0.15) is 12.0 Å². The maximum atomic E-state index is 11.8. The molecule has 2 rings (SSSR count). The summed E-state index contributed by atoms with van der Waals surface area (Å²) >= 11 is 3.32. The number of nitrogens with one attached hydrogen (secondary N) is 2. The lowest BCUT2D eigenvalue weighted by Crippen LogP contribution is -2.27. The van der Waals surface area contributed by atoms with E-state index in [-0.39, 0.29) is 18.2 Å². The Morgan fingerprint density at radius 1 is 1.09 bits per heavy atom. The molecule has 0 heterocycles. The van der Waals surface area contributed by atoms with E-state index in [4.69, 9.17) is 4.74 Å². The molecule has 0 saturated carbocycles. The van der Waals surface area contributed by atoms with Crippen LogP contribution in [0.4, 0.5) is 5.69 Å². The van der Waals surface area contributed by atoms with Crippen molar-refractivity contribution in [3.63, 3.8) is 0 Å². The van der Waals surface area contributed by atoms with Crippen molar-refractivity contribution in [2.45, 2.75) is 13.0 Å². The van der Waals surface area contributed by atoms with Gasteiger partial charge in [-0.05, 0) is 35.9 Å². The van der Waals surface area contributed by atoms with Gasteiger partial charge in [0.25, 0.3) is 0 Å². The van der Waals surface area contributed by atoms with Crippen LogP contribution in [0, 0.1) is 0 Å². The Morgan fingerprint density at radius 2 is 1.83 bits per heavy atom. The summed E-state index contributed by atoms with van der Waals surface area (Å²) in [7, 11) is 1.60. The van der Waals surface area contributed by atoms with E-state index < -0.39 is 0 Å². The Labute approximate surface area is 143 Å². The maximum absolute atomic E-state index is 11.8. The van der Waals surface area contributed by atoms with Crippen molar-refractivity contribution in [3.8, 4) is 5.75 Å². The van der Waals surface area contributed by atoms with Crippen molar-refractivity contribution in [2.24, 2.45) is 0 Å². The molecule has 0 bridgehead atoms. The number of benzene rings is 2. The zero-order valence-corrected chi connectivity index (χ0v) is 14.2. The minimum Gasteiger partial charge on any atom is -0.497 e. The van der Waals surface area contributed by atoms with Crippen LogP contribution in [-0.2, 0) is 16.1 Å². The van der Waals surface area contributed by atoms with Gasteiger partial charge in [-0.25, -0.2) is 0 Å². The zero-order valence-electron chi connectivity index (χ0n) is 12.6. The van der Waals surface area contributed by atoms with Crippen molar-refractivity contribution >= 4 is 33.4 Å². The van der Waals surface area contributed by atoms with Crippen LogP contribution in [-0.4, -0.2) is 18.9 Å². The Bertz CT molecular complexity index is 686. The van der Waals surface area contributed by atoms with Gasteiger partial charge >= 0.3 is 0 Å². The topological polar surface area (TPSA) is 67.4 Å². The Kier molecular flexibility index (Phi) is 6.17. The summed E-state index contributed by atoms with van der Waals surface area (Å²) in [5.41, 5.74) is 1.58. The van der Waals surface area contributed by atoms with Gasteiger partial charge in [-0.2, -0.15) is 0 Å².